The zero-order chi connectivity index (χ0) is 10.8. The Bertz CT molecular complexity index is 148. The molecule has 0 aromatic carbocycles. The molecule has 14 heavy (non-hydrogen) atoms. The van der Waals surface area contributed by atoms with E-state index in [0.29, 0.717) is 13.2 Å². The smallest absolute Gasteiger partial charge is 0.309 e. The van der Waals surface area contributed by atoms with E-state index in [4.69, 9.17) is 4.74 Å². The van der Waals surface area contributed by atoms with Crippen molar-refractivity contribution in [3.8, 4) is 0 Å². The Balaban J connectivity index is 3.42. The lowest BCUT2D eigenvalue weighted by atomic mass is 10.2. The molecule has 0 rings (SSSR count). The summed E-state index contributed by atoms with van der Waals surface area (Å²) in [7, 11) is 0. The topological polar surface area (TPSA) is 38.3 Å². The number of esters is 1. The largest absolute Gasteiger partial charge is 0.465 e. The van der Waals surface area contributed by atoms with E-state index in [2.05, 4.69) is 12.2 Å². The second-order valence-corrected chi connectivity index (χ2v) is 3.58. The maximum atomic E-state index is 11.3. The van der Waals surface area contributed by atoms with Gasteiger partial charge in [0.25, 0.3) is 0 Å². The number of hydrogen-bond acceptors (Lipinski definition) is 3. The summed E-state index contributed by atoms with van der Waals surface area (Å²) in [6.45, 7) is 8.24. The number of rotatable bonds is 8. The Labute approximate surface area is 87.2 Å². The third-order valence-electron chi connectivity index (χ3n) is 2.10. The summed E-state index contributed by atoms with van der Waals surface area (Å²) in [5.41, 5.74) is 0. The minimum Gasteiger partial charge on any atom is -0.465 e. The van der Waals surface area contributed by atoms with Crippen molar-refractivity contribution in [2.24, 2.45) is 5.92 Å². The Hall–Kier alpha value is -0.570. The molecule has 1 unspecified atom stereocenters. The van der Waals surface area contributed by atoms with E-state index in [9.17, 15) is 4.79 Å². The van der Waals surface area contributed by atoms with Crippen LogP contribution in [-0.2, 0) is 9.53 Å². The molecule has 0 bridgehead atoms. The van der Waals surface area contributed by atoms with E-state index in [-0.39, 0.29) is 11.9 Å². The van der Waals surface area contributed by atoms with Crippen molar-refractivity contribution >= 4 is 5.97 Å². The van der Waals surface area contributed by atoms with Gasteiger partial charge in [0.15, 0.2) is 0 Å². The van der Waals surface area contributed by atoms with Crippen LogP contribution < -0.4 is 5.32 Å². The van der Waals surface area contributed by atoms with Crippen LogP contribution in [0.3, 0.4) is 0 Å². The van der Waals surface area contributed by atoms with Crippen molar-refractivity contribution in [1.82, 2.24) is 5.32 Å². The molecule has 0 amide bonds. The number of unbranched alkanes of at least 4 members (excludes halogenated alkanes) is 2. The van der Waals surface area contributed by atoms with Crippen LogP contribution >= 0.6 is 0 Å². The standard InChI is InChI=1S/C11H23NO2/c1-4-6-7-8-14-11(13)10(3)9-12-5-2/h10,12H,4-9H2,1-3H3. The van der Waals surface area contributed by atoms with Crippen LogP contribution in [0.2, 0.25) is 0 Å². The molecule has 0 fully saturated rings. The molecule has 1 N–H and O–H groups in total. The molecule has 0 radical (unpaired) electrons. The van der Waals surface area contributed by atoms with Crippen molar-refractivity contribution in [3.63, 3.8) is 0 Å². The lowest BCUT2D eigenvalue weighted by Crippen LogP contribution is -2.27. The van der Waals surface area contributed by atoms with E-state index in [1.165, 1.54) is 0 Å². The van der Waals surface area contributed by atoms with E-state index < -0.39 is 0 Å². The second kappa shape index (κ2) is 9.00. The first kappa shape index (κ1) is 13.4. The lowest BCUT2D eigenvalue weighted by molar-refractivity contribution is -0.147. The Kier molecular flexibility index (Phi) is 8.64. The molecule has 3 nitrogen and oxygen atoms in total. The quantitative estimate of drug-likeness (QED) is 0.482. The Morgan fingerprint density at radius 2 is 2.07 bits per heavy atom. The molecule has 0 aliphatic rings. The predicted octanol–water partition coefficient (Wildman–Crippen LogP) is 1.97. The van der Waals surface area contributed by atoms with E-state index in [1.807, 2.05) is 13.8 Å². The molecule has 0 saturated carbocycles. The van der Waals surface area contributed by atoms with Crippen LogP contribution in [0.15, 0.2) is 0 Å². The highest BCUT2D eigenvalue weighted by Gasteiger charge is 2.12. The highest BCUT2D eigenvalue weighted by molar-refractivity contribution is 5.72. The minimum absolute atomic E-state index is 0.0309. The van der Waals surface area contributed by atoms with Gasteiger partial charge in [-0.3, -0.25) is 4.79 Å². The second-order valence-electron chi connectivity index (χ2n) is 3.58. The summed E-state index contributed by atoms with van der Waals surface area (Å²) in [5, 5.41) is 3.13. The van der Waals surface area contributed by atoms with Gasteiger partial charge in [0.05, 0.1) is 12.5 Å². The number of carbonyl (C=O) groups excluding carboxylic acids is 1. The fraction of sp³-hybridized carbons (Fsp3) is 0.909. The first-order valence-electron chi connectivity index (χ1n) is 5.59. The third kappa shape index (κ3) is 6.89. The molecule has 0 heterocycles. The van der Waals surface area contributed by atoms with Gasteiger partial charge in [-0.1, -0.05) is 33.6 Å². The maximum absolute atomic E-state index is 11.3. The van der Waals surface area contributed by atoms with Gasteiger partial charge < -0.3 is 10.1 Å². The average molecular weight is 201 g/mol. The van der Waals surface area contributed by atoms with Gasteiger partial charge in [-0.15, -0.1) is 0 Å². The van der Waals surface area contributed by atoms with Crippen molar-refractivity contribution < 1.29 is 9.53 Å². The molecular weight excluding hydrogens is 178 g/mol. The van der Waals surface area contributed by atoms with Crippen LogP contribution in [0.4, 0.5) is 0 Å². The number of nitrogens with one attached hydrogen (secondary N) is 1. The first-order chi connectivity index (χ1) is 6.72. The maximum Gasteiger partial charge on any atom is 0.309 e. The number of carbonyl (C=O) groups is 1. The fourth-order valence-electron chi connectivity index (χ4n) is 1.11. The summed E-state index contributed by atoms with van der Waals surface area (Å²) >= 11 is 0. The summed E-state index contributed by atoms with van der Waals surface area (Å²) < 4.78 is 5.12. The highest BCUT2D eigenvalue weighted by atomic mass is 16.5. The summed E-state index contributed by atoms with van der Waals surface area (Å²) in [5.74, 6) is -0.112. The highest BCUT2D eigenvalue weighted by Crippen LogP contribution is 2.00. The summed E-state index contributed by atoms with van der Waals surface area (Å²) in [6, 6.07) is 0. The normalized spacial score (nSPS) is 12.5. The molecule has 0 spiro atoms. The molecule has 1 atom stereocenters. The molecule has 3 heteroatoms. The van der Waals surface area contributed by atoms with Crippen molar-refractivity contribution in [3.05, 3.63) is 0 Å². The van der Waals surface area contributed by atoms with E-state index in [1.54, 1.807) is 0 Å². The SMILES string of the molecule is CCCCCOC(=O)C(C)CNCC. The summed E-state index contributed by atoms with van der Waals surface area (Å²) in [6.07, 6.45) is 3.27. The molecule has 0 aliphatic heterocycles. The van der Waals surface area contributed by atoms with E-state index in [0.717, 1.165) is 25.8 Å². The fourth-order valence-corrected chi connectivity index (χ4v) is 1.11. The van der Waals surface area contributed by atoms with Gasteiger partial charge >= 0.3 is 5.97 Å². The summed E-state index contributed by atoms with van der Waals surface area (Å²) in [4.78, 5) is 11.3. The van der Waals surface area contributed by atoms with Crippen LogP contribution in [-0.4, -0.2) is 25.7 Å². The molecule has 84 valence electrons. The third-order valence-corrected chi connectivity index (χ3v) is 2.10. The number of ether oxygens (including phenoxy) is 1. The molecule has 0 aromatic heterocycles. The van der Waals surface area contributed by atoms with Gasteiger partial charge in [-0.2, -0.15) is 0 Å². The van der Waals surface area contributed by atoms with Gasteiger partial charge in [0.1, 0.15) is 0 Å². The monoisotopic (exact) mass is 201 g/mol. The van der Waals surface area contributed by atoms with Gasteiger partial charge in [-0.25, -0.2) is 0 Å². The van der Waals surface area contributed by atoms with Crippen molar-refractivity contribution in [1.29, 1.82) is 0 Å². The van der Waals surface area contributed by atoms with E-state index >= 15 is 0 Å². The number of hydrogen-bond donors (Lipinski definition) is 1. The van der Waals surface area contributed by atoms with Crippen LogP contribution in [0, 0.1) is 5.92 Å². The van der Waals surface area contributed by atoms with Gasteiger partial charge in [0, 0.05) is 6.54 Å². The van der Waals surface area contributed by atoms with Gasteiger partial charge in [-0.05, 0) is 13.0 Å². The Morgan fingerprint density at radius 3 is 2.64 bits per heavy atom. The first-order valence-corrected chi connectivity index (χ1v) is 5.59. The predicted molar refractivity (Wildman–Crippen MR) is 58.2 cm³/mol. The lowest BCUT2D eigenvalue weighted by Gasteiger charge is -2.11. The minimum atomic E-state index is -0.0814. The van der Waals surface area contributed by atoms with Crippen molar-refractivity contribution in [2.45, 2.75) is 40.0 Å². The Morgan fingerprint density at radius 1 is 1.36 bits per heavy atom. The zero-order valence-electron chi connectivity index (χ0n) is 9.64. The molecule has 0 aliphatic carbocycles. The van der Waals surface area contributed by atoms with Crippen LogP contribution in [0.25, 0.3) is 0 Å². The average Bonchev–Trinajstić information content (AvgIpc) is 2.20. The van der Waals surface area contributed by atoms with Crippen LogP contribution in [0.1, 0.15) is 40.0 Å². The molecule has 0 saturated heterocycles. The molecule has 0 aromatic rings. The zero-order valence-corrected chi connectivity index (χ0v) is 9.64. The van der Waals surface area contributed by atoms with Crippen LogP contribution in [0.5, 0.6) is 0 Å². The van der Waals surface area contributed by atoms with Crippen molar-refractivity contribution in [2.75, 3.05) is 19.7 Å². The molecular formula is C11H23NO2. The van der Waals surface area contributed by atoms with Gasteiger partial charge in [0.2, 0.25) is 0 Å².